The largest absolute Gasteiger partial charge is 0.495 e. The van der Waals surface area contributed by atoms with Crippen molar-refractivity contribution in [3.63, 3.8) is 0 Å². The molecule has 146 valence electrons. The average Bonchev–Trinajstić information content (AvgIpc) is 3.22. The molecule has 0 amide bonds. The van der Waals surface area contributed by atoms with Crippen LogP contribution in [-0.2, 0) is 20.5 Å². The Labute approximate surface area is 158 Å². The summed E-state index contributed by atoms with van der Waals surface area (Å²) in [6.07, 6.45) is 5.79. The molecule has 0 bridgehead atoms. The van der Waals surface area contributed by atoms with Gasteiger partial charge in [-0.25, -0.2) is 17.5 Å². The fourth-order valence-corrected chi connectivity index (χ4v) is 4.99. The first-order valence-corrected chi connectivity index (χ1v) is 10.4. The lowest BCUT2D eigenvalue weighted by molar-refractivity contribution is 0.0596. The van der Waals surface area contributed by atoms with Crippen LogP contribution in [0.15, 0.2) is 35.1 Å². The highest BCUT2D eigenvalue weighted by atomic mass is 32.2. The lowest BCUT2D eigenvalue weighted by Crippen LogP contribution is -2.36. The van der Waals surface area contributed by atoms with Crippen LogP contribution in [0.2, 0.25) is 0 Å². The Bertz CT molecular complexity index is 899. The molecule has 1 fully saturated rings. The summed E-state index contributed by atoms with van der Waals surface area (Å²) in [5, 5.41) is 0. The van der Waals surface area contributed by atoms with Crippen LogP contribution < -0.4 is 4.74 Å². The molecule has 3 rings (SSSR count). The van der Waals surface area contributed by atoms with E-state index in [1.54, 1.807) is 18.2 Å². The van der Waals surface area contributed by atoms with Crippen molar-refractivity contribution in [2.75, 3.05) is 27.3 Å². The van der Waals surface area contributed by atoms with Gasteiger partial charge in [0.05, 0.1) is 32.5 Å². The van der Waals surface area contributed by atoms with Gasteiger partial charge in [-0.1, -0.05) is 18.6 Å². The highest BCUT2D eigenvalue weighted by molar-refractivity contribution is 7.88. The predicted molar refractivity (Wildman–Crippen MR) is 100 cm³/mol. The van der Waals surface area contributed by atoms with E-state index in [-0.39, 0.29) is 17.1 Å². The number of rotatable bonds is 6. The summed E-state index contributed by atoms with van der Waals surface area (Å²) in [7, 11) is -0.843. The van der Waals surface area contributed by atoms with Crippen LogP contribution in [-0.4, -0.2) is 46.0 Å². The van der Waals surface area contributed by atoms with Gasteiger partial charge in [-0.15, -0.1) is 0 Å². The first-order valence-electron chi connectivity index (χ1n) is 8.76. The molecule has 0 saturated carbocycles. The van der Waals surface area contributed by atoms with Crippen molar-refractivity contribution >= 4 is 16.0 Å². The van der Waals surface area contributed by atoms with Crippen molar-refractivity contribution in [3.8, 4) is 16.9 Å². The van der Waals surface area contributed by atoms with E-state index >= 15 is 0 Å². The second-order valence-corrected chi connectivity index (χ2v) is 8.37. The topological polar surface area (TPSA) is 86.1 Å². The van der Waals surface area contributed by atoms with E-state index in [4.69, 9.17) is 13.9 Å². The molecule has 2 aromatic rings. The van der Waals surface area contributed by atoms with Gasteiger partial charge >= 0.3 is 5.97 Å². The van der Waals surface area contributed by atoms with Crippen LogP contribution in [0.25, 0.3) is 11.1 Å². The number of methoxy groups -OCH3 is 2. The normalized spacial score (nSPS) is 15.5. The quantitative estimate of drug-likeness (QED) is 0.701. The smallest absolute Gasteiger partial charge is 0.341 e. The third kappa shape index (κ3) is 4.01. The zero-order valence-corrected chi connectivity index (χ0v) is 16.3. The van der Waals surface area contributed by atoms with Crippen LogP contribution in [0, 0.1) is 0 Å². The lowest BCUT2D eigenvalue weighted by atomic mass is 9.99. The van der Waals surface area contributed by atoms with Crippen molar-refractivity contribution in [1.82, 2.24) is 4.31 Å². The van der Waals surface area contributed by atoms with Crippen molar-refractivity contribution in [2.45, 2.75) is 25.0 Å². The highest BCUT2D eigenvalue weighted by Gasteiger charge is 2.29. The Morgan fingerprint density at radius 3 is 2.48 bits per heavy atom. The predicted octanol–water partition coefficient (Wildman–Crippen LogP) is 3.06. The minimum absolute atomic E-state index is 0.124. The number of hydrogen-bond donors (Lipinski definition) is 0. The SMILES string of the molecule is COC(=O)c1c(CS(=O)(=O)N2CCCCC2)ccc(-c2ccoc2)c1OC. The Morgan fingerprint density at radius 1 is 1.15 bits per heavy atom. The molecular formula is C19H23NO6S. The fourth-order valence-electron chi connectivity index (χ4n) is 3.36. The number of esters is 1. The van der Waals surface area contributed by atoms with Crippen LogP contribution in [0.1, 0.15) is 35.2 Å². The highest BCUT2D eigenvalue weighted by Crippen LogP contribution is 2.37. The first-order chi connectivity index (χ1) is 13.0. The molecule has 1 saturated heterocycles. The van der Waals surface area contributed by atoms with E-state index in [0.29, 0.717) is 24.2 Å². The molecule has 1 aliphatic heterocycles. The maximum Gasteiger partial charge on any atom is 0.341 e. The maximum absolute atomic E-state index is 12.8. The molecule has 2 heterocycles. The zero-order chi connectivity index (χ0) is 19.4. The van der Waals surface area contributed by atoms with E-state index in [1.165, 1.54) is 31.1 Å². The van der Waals surface area contributed by atoms with Gasteiger partial charge in [0.15, 0.2) is 0 Å². The van der Waals surface area contributed by atoms with Crippen molar-refractivity contribution in [1.29, 1.82) is 0 Å². The third-order valence-corrected chi connectivity index (χ3v) is 6.54. The molecule has 1 aromatic heterocycles. The van der Waals surface area contributed by atoms with Crippen LogP contribution in [0.4, 0.5) is 0 Å². The molecule has 7 nitrogen and oxygen atoms in total. The van der Waals surface area contributed by atoms with Crippen LogP contribution >= 0.6 is 0 Å². The maximum atomic E-state index is 12.8. The molecular weight excluding hydrogens is 370 g/mol. The average molecular weight is 393 g/mol. The lowest BCUT2D eigenvalue weighted by Gasteiger charge is -2.26. The number of nitrogens with zero attached hydrogens (tertiary/aromatic N) is 1. The summed E-state index contributed by atoms with van der Waals surface area (Å²) in [4.78, 5) is 12.5. The van der Waals surface area contributed by atoms with Gasteiger partial charge in [-0.3, -0.25) is 0 Å². The number of benzene rings is 1. The molecule has 0 N–H and O–H groups in total. The van der Waals surface area contributed by atoms with Crippen molar-refractivity contribution in [2.24, 2.45) is 0 Å². The molecule has 1 aliphatic rings. The number of sulfonamides is 1. The fraction of sp³-hybridized carbons (Fsp3) is 0.421. The van der Waals surface area contributed by atoms with Gasteiger partial charge in [-0.05, 0) is 24.5 Å². The molecule has 8 heteroatoms. The second-order valence-electron chi connectivity index (χ2n) is 6.40. The summed E-state index contributed by atoms with van der Waals surface area (Å²) in [6, 6.07) is 5.11. The summed E-state index contributed by atoms with van der Waals surface area (Å²) >= 11 is 0. The first kappa shape index (κ1) is 19.4. The Balaban J connectivity index is 2.05. The van der Waals surface area contributed by atoms with Gasteiger partial charge in [0.2, 0.25) is 10.0 Å². The van der Waals surface area contributed by atoms with E-state index < -0.39 is 16.0 Å². The third-order valence-electron chi connectivity index (χ3n) is 4.72. The standard InChI is InChI=1S/C19H23NO6S/c1-24-18-16(14-8-11-26-12-14)7-6-15(17(18)19(21)25-2)13-27(22,23)20-9-4-3-5-10-20/h6-8,11-12H,3-5,9-10,13H2,1-2H3. The Hall–Kier alpha value is -2.32. The number of carbonyl (C=O) groups is 1. The van der Waals surface area contributed by atoms with Crippen LogP contribution in [0.3, 0.4) is 0 Å². The minimum Gasteiger partial charge on any atom is -0.495 e. The van der Waals surface area contributed by atoms with E-state index in [2.05, 4.69) is 0 Å². The van der Waals surface area contributed by atoms with E-state index in [0.717, 1.165) is 24.8 Å². The molecule has 0 atom stereocenters. The number of hydrogen-bond acceptors (Lipinski definition) is 6. The summed E-state index contributed by atoms with van der Waals surface area (Å²) in [6.45, 7) is 1.03. The number of carbonyl (C=O) groups excluding carboxylic acids is 1. The Morgan fingerprint density at radius 2 is 1.89 bits per heavy atom. The van der Waals surface area contributed by atoms with Gasteiger partial charge in [0.1, 0.15) is 11.3 Å². The van der Waals surface area contributed by atoms with E-state index in [1.807, 2.05) is 0 Å². The molecule has 0 radical (unpaired) electrons. The van der Waals surface area contributed by atoms with Crippen molar-refractivity contribution < 1.29 is 27.1 Å². The number of piperidine rings is 1. The van der Waals surface area contributed by atoms with Gasteiger partial charge in [-0.2, -0.15) is 0 Å². The molecule has 0 spiro atoms. The zero-order valence-electron chi connectivity index (χ0n) is 15.4. The molecule has 1 aromatic carbocycles. The minimum atomic E-state index is -3.54. The summed E-state index contributed by atoms with van der Waals surface area (Å²) in [5.74, 6) is -0.643. The van der Waals surface area contributed by atoms with Gasteiger partial charge in [0, 0.05) is 24.2 Å². The van der Waals surface area contributed by atoms with Crippen molar-refractivity contribution in [3.05, 3.63) is 41.9 Å². The Kier molecular flexibility index (Phi) is 5.86. The molecule has 0 aliphatic carbocycles. The van der Waals surface area contributed by atoms with Crippen LogP contribution in [0.5, 0.6) is 5.75 Å². The summed E-state index contributed by atoms with van der Waals surface area (Å²) < 4.78 is 42.7. The molecule has 27 heavy (non-hydrogen) atoms. The van der Waals surface area contributed by atoms with Gasteiger partial charge < -0.3 is 13.9 Å². The number of ether oxygens (including phenoxy) is 2. The summed E-state index contributed by atoms with van der Waals surface area (Å²) in [5.41, 5.74) is 1.84. The monoisotopic (exact) mass is 393 g/mol. The van der Waals surface area contributed by atoms with E-state index in [9.17, 15) is 13.2 Å². The second kappa shape index (κ2) is 8.14. The van der Waals surface area contributed by atoms with Gasteiger partial charge in [0.25, 0.3) is 0 Å². The number of furan rings is 1. The molecule has 0 unspecified atom stereocenters.